The summed E-state index contributed by atoms with van der Waals surface area (Å²) in [6.07, 6.45) is 8.20. The summed E-state index contributed by atoms with van der Waals surface area (Å²) in [5.74, 6) is 1.10. The molecule has 0 spiro atoms. The molecule has 3 N–H and O–H groups in total. The number of rotatable bonds is 8. The highest BCUT2D eigenvalue weighted by Gasteiger charge is 2.37. The van der Waals surface area contributed by atoms with Gasteiger partial charge in [-0.25, -0.2) is 9.78 Å². The van der Waals surface area contributed by atoms with Crippen LogP contribution in [0.15, 0.2) is 18.3 Å². The molecule has 2 amide bonds. The van der Waals surface area contributed by atoms with Crippen molar-refractivity contribution in [1.82, 2.24) is 15.2 Å². The molecule has 0 atom stereocenters. The van der Waals surface area contributed by atoms with Crippen molar-refractivity contribution >= 4 is 17.8 Å². The number of nitrogens with one attached hydrogen (secondary N) is 2. The number of anilines is 1. The van der Waals surface area contributed by atoms with Gasteiger partial charge >= 0.3 is 12.0 Å². The molecule has 3 fully saturated rings. The van der Waals surface area contributed by atoms with Crippen molar-refractivity contribution in [2.75, 3.05) is 18.4 Å². The first kappa shape index (κ1) is 17.3. The van der Waals surface area contributed by atoms with E-state index in [4.69, 9.17) is 5.11 Å². The summed E-state index contributed by atoms with van der Waals surface area (Å²) < 4.78 is 0. The van der Waals surface area contributed by atoms with Gasteiger partial charge in [0.05, 0.1) is 6.54 Å². The minimum atomic E-state index is -0.776. The highest BCUT2D eigenvalue weighted by molar-refractivity contribution is 5.88. The number of hydrogen-bond donors (Lipinski definition) is 3. The maximum absolute atomic E-state index is 12.2. The van der Waals surface area contributed by atoms with Gasteiger partial charge in [-0.1, -0.05) is 0 Å². The smallest absolute Gasteiger partial charge is 0.320 e. The highest BCUT2D eigenvalue weighted by Crippen LogP contribution is 2.40. The van der Waals surface area contributed by atoms with Gasteiger partial charge < -0.3 is 10.4 Å². The molecule has 0 aliphatic heterocycles. The van der Waals surface area contributed by atoms with Crippen molar-refractivity contribution in [3.8, 4) is 0 Å². The first-order valence-electron chi connectivity index (χ1n) is 9.56. The lowest BCUT2D eigenvalue weighted by Crippen LogP contribution is -2.55. The number of carbonyl (C=O) groups is 2. The third kappa shape index (κ3) is 4.52. The van der Waals surface area contributed by atoms with Crippen LogP contribution in [-0.2, 0) is 4.79 Å². The van der Waals surface area contributed by atoms with Gasteiger partial charge in [0.15, 0.2) is 0 Å². The molecule has 3 saturated carbocycles. The third-order valence-corrected chi connectivity index (χ3v) is 5.57. The Morgan fingerprint density at radius 2 is 2.00 bits per heavy atom. The lowest BCUT2D eigenvalue weighted by molar-refractivity contribution is -0.139. The molecule has 0 unspecified atom stereocenters. The van der Waals surface area contributed by atoms with Crippen molar-refractivity contribution < 1.29 is 14.7 Å². The molecule has 0 aromatic carbocycles. The molecule has 4 rings (SSSR count). The van der Waals surface area contributed by atoms with E-state index in [2.05, 4.69) is 20.5 Å². The maximum Gasteiger partial charge on any atom is 0.320 e. The van der Waals surface area contributed by atoms with E-state index in [0.29, 0.717) is 17.7 Å². The number of carboxylic acid groups (broad SMARTS) is 1. The minimum absolute atomic E-state index is 0.0952. The lowest BCUT2D eigenvalue weighted by atomic mass is 9.85. The molecule has 1 aromatic rings. The fourth-order valence-corrected chi connectivity index (χ4v) is 3.68. The van der Waals surface area contributed by atoms with Gasteiger partial charge in [0.2, 0.25) is 0 Å². The predicted molar refractivity (Wildman–Crippen MR) is 97.1 cm³/mol. The molecule has 0 bridgehead atoms. The zero-order valence-electron chi connectivity index (χ0n) is 14.9. The number of amides is 2. The van der Waals surface area contributed by atoms with Crippen molar-refractivity contribution in [3.63, 3.8) is 0 Å². The van der Waals surface area contributed by atoms with Gasteiger partial charge in [0.1, 0.15) is 5.82 Å². The number of carboxylic acids is 1. The van der Waals surface area contributed by atoms with Crippen LogP contribution in [0, 0.1) is 5.92 Å². The Bertz CT molecular complexity index is 681. The molecule has 7 nitrogen and oxygen atoms in total. The van der Waals surface area contributed by atoms with Gasteiger partial charge in [0, 0.05) is 24.8 Å². The largest absolute Gasteiger partial charge is 0.480 e. The van der Waals surface area contributed by atoms with Crippen LogP contribution < -0.4 is 10.6 Å². The number of aromatic nitrogens is 1. The van der Waals surface area contributed by atoms with E-state index in [-0.39, 0.29) is 24.7 Å². The molecule has 7 heteroatoms. The summed E-state index contributed by atoms with van der Waals surface area (Å²) in [6, 6.07) is 4.08. The summed E-state index contributed by atoms with van der Waals surface area (Å²) in [5, 5.41) is 14.9. The second-order valence-corrected chi connectivity index (χ2v) is 7.94. The van der Waals surface area contributed by atoms with E-state index in [9.17, 15) is 9.59 Å². The molecule has 0 radical (unpaired) electrons. The standard InChI is InChI=1S/C19H26N4O3/c24-18(25)11-23(10-12-1-2-12)16-8-15(9-16)21-19(26)22-17-7-14(5-6-20-17)13-3-4-13/h5-7,12-13,15-16H,1-4,8-11H2,(H,24,25)(H2,20,21,22,26). The number of hydrogen-bond acceptors (Lipinski definition) is 4. The second-order valence-electron chi connectivity index (χ2n) is 7.94. The van der Waals surface area contributed by atoms with E-state index < -0.39 is 5.97 Å². The monoisotopic (exact) mass is 358 g/mol. The van der Waals surface area contributed by atoms with Gasteiger partial charge in [-0.2, -0.15) is 0 Å². The van der Waals surface area contributed by atoms with E-state index in [1.165, 1.54) is 31.2 Å². The van der Waals surface area contributed by atoms with Crippen molar-refractivity contribution in [2.24, 2.45) is 5.92 Å². The first-order valence-corrected chi connectivity index (χ1v) is 9.56. The fraction of sp³-hybridized carbons (Fsp3) is 0.632. The van der Waals surface area contributed by atoms with Gasteiger partial charge in [-0.05, 0) is 68.1 Å². The van der Waals surface area contributed by atoms with Crippen LogP contribution in [0.3, 0.4) is 0 Å². The average Bonchev–Trinajstić information content (AvgIpc) is 3.43. The van der Waals surface area contributed by atoms with E-state index in [1.807, 2.05) is 12.1 Å². The summed E-state index contributed by atoms with van der Waals surface area (Å²) in [7, 11) is 0. The van der Waals surface area contributed by atoms with Crippen LogP contribution >= 0.6 is 0 Å². The Morgan fingerprint density at radius 1 is 1.23 bits per heavy atom. The topological polar surface area (TPSA) is 94.6 Å². The summed E-state index contributed by atoms with van der Waals surface area (Å²) >= 11 is 0. The zero-order chi connectivity index (χ0) is 18.1. The summed E-state index contributed by atoms with van der Waals surface area (Å²) in [5.41, 5.74) is 1.24. The molecule has 3 aliphatic carbocycles. The highest BCUT2D eigenvalue weighted by atomic mass is 16.4. The van der Waals surface area contributed by atoms with Gasteiger partial charge in [-0.3, -0.25) is 15.0 Å². The third-order valence-electron chi connectivity index (χ3n) is 5.57. The minimum Gasteiger partial charge on any atom is -0.480 e. The van der Waals surface area contributed by atoms with Gasteiger partial charge in [0.25, 0.3) is 0 Å². The number of nitrogens with zero attached hydrogens (tertiary/aromatic N) is 2. The summed E-state index contributed by atoms with van der Waals surface area (Å²) in [4.78, 5) is 29.5. The van der Waals surface area contributed by atoms with Crippen LogP contribution in [0.25, 0.3) is 0 Å². The molecular formula is C19H26N4O3. The lowest BCUT2D eigenvalue weighted by Gasteiger charge is -2.42. The fourth-order valence-electron chi connectivity index (χ4n) is 3.68. The van der Waals surface area contributed by atoms with E-state index >= 15 is 0 Å². The van der Waals surface area contributed by atoms with E-state index in [0.717, 1.165) is 19.4 Å². The predicted octanol–water partition coefficient (Wildman–Crippen LogP) is 2.41. The maximum atomic E-state index is 12.2. The molecule has 0 saturated heterocycles. The van der Waals surface area contributed by atoms with E-state index in [1.54, 1.807) is 6.20 Å². The zero-order valence-corrected chi connectivity index (χ0v) is 14.9. The first-order chi connectivity index (χ1) is 12.6. The molecule has 1 aromatic heterocycles. The van der Waals surface area contributed by atoms with Crippen LogP contribution in [0.1, 0.15) is 50.0 Å². The second kappa shape index (κ2) is 7.23. The molecule has 1 heterocycles. The van der Waals surface area contributed by atoms with Crippen molar-refractivity contribution in [2.45, 2.75) is 56.5 Å². The number of urea groups is 1. The molecule has 140 valence electrons. The van der Waals surface area contributed by atoms with Crippen LogP contribution in [0.2, 0.25) is 0 Å². The number of carbonyl (C=O) groups excluding carboxylic acids is 1. The Hall–Kier alpha value is -2.15. The van der Waals surface area contributed by atoms with Crippen LogP contribution in [0.5, 0.6) is 0 Å². The average molecular weight is 358 g/mol. The quantitative estimate of drug-likeness (QED) is 0.663. The molecule has 26 heavy (non-hydrogen) atoms. The van der Waals surface area contributed by atoms with Crippen molar-refractivity contribution in [3.05, 3.63) is 23.9 Å². The Kier molecular flexibility index (Phi) is 4.80. The van der Waals surface area contributed by atoms with Crippen LogP contribution in [-0.4, -0.2) is 52.2 Å². The SMILES string of the molecule is O=C(O)CN(CC1CC1)C1CC(NC(=O)Nc2cc(C3CC3)ccn2)C1. The van der Waals surface area contributed by atoms with Crippen LogP contribution in [0.4, 0.5) is 10.6 Å². The number of aliphatic carboxylic acids is 1. The van der Waals surface area contributed by atoms with Gasteiger partial charge in [-0.15, -0.1) is 0 Å². The normalized spacial score (nSPS) is 24.8. The van der Waals surface area contributed by atoms with Crippen molar-refractivity contribution in [1.29, 1.82) is 0 Å². The molecule has 3 aliphatic rings. The summed E-state index contributed by atoms with van der Waals surface area (Å²) in [6.45, 7) is 0.964. The molecular weight excluding hydrogens is 332 g/mol. The Labute approximate surface area is 153 Å². The Morgan fingerprint density at radius 3 is 2.65 bits per heavy atom. The number of pyridine rings is 1. The Balaban J connectivity index is 1.23.